The Morgan fingerprint density at radius 3 is 1.34 bits per heavy atom. The molecule has 0 spiro atoms. The first-order valence-electron chi connectivity index (χ1n) is 18.1. The predicted octanol–water partition coefficient (Wildman–Crippen LogP) is 5.53. The first-order chi connectivity index (χ1) is 27.4. The van der Waals surface area contributed by atoms with Crippen molar-refractivity contribution in [3.63, 3.8) is 0 Å². The van der Waals surface area contributed by atoms with Crippen LogP contribution >= 0.6 is 23.2 Å². The molecule has 0 fully saturated rings. The molecule has 18 heteroatoms. The number of alkyl halides is 2. The molecule has 14 nitrogen and oxygen atoms in total. The van der Waals surface area contributed by atoms with Gasteiger partial charge < -0.3 is 21.3 Å². The van der Waals surface area contributed by atoms with Crippen LogP contribution < -0.4 is 21.3 Å². The molecule has 0 heterocycles. The van der Waals surface area contributed by atoms with Gasteiger partial charge >= 0.3 is 0 Å². The van der Waals surface area contributed by atoms with Gasteiger partial charge in [-0.25, -0.2) is 0 Å². The SMILES string of the molecule is CC(CCc1cc(CNC(=O)CCl)ccc1S(=O)(=O)O)Nc1ccc(NC(C)CCc2cc(CNC(=O)CCl)ccc2S(=O)(=O)O)c2c1C(=O)c1ccccc1C2=O. The van der Waals surface area contributed by atoms with E-state index in [-0.39, 0.29) is 93.4 Å². The molecule has 0 aromatic heterocycles. The fourth-order valence-electron chi connectivity index (χ4n) is 6.76. The van der Waals surface area contributed by atoms with Gasteiger partial charge in [-0.2, -0.15) is 16.8 Å². The number of aryl methyl sites for hydroxylation is 2. The number of carbonyl (C=O) groups is 4. The lowest BCUT2D eigenvalue weighted by Crippen LogP contribution is -2.27. The summed E-state index contributed by atoms with van der Waals surface area (Å²) in [4.78, 5) is 51.0. The molecule has 2 unspecified atom stereocenters. The summed E-state index contributed by atoms with van der Waals surface area (Å²) in [6.07, 6.45) is 1.02. The molecular formula is C40H42Cl2N4O10S2. The molecule has 58 heavy (non-hydrogen) atoms. The first-order valence-corrected chi connectivity index (χ1v) is 22.1. The number of rotatable bonds is 18. The predicted molar refractivity (Wildman–Crippen MR) is 220 cm³/mol. The lowest BCUT2D eigenvalue weighted by molar-refractivity contribution is -0.119. The molecule has 0 saturated carbocycles. The number of halogens is 2. The van der Waals surface area contributed by atoms with Crippen LogP contribution in [0.4, 0.5) is 11.4 Å². The van der Waals surface area contributed by atoms with E-state index >= 15 is 0 Å². The Labute approximate surface area is 346 Å². The van der Waals surface area contributed by atoms with Crippen molar-refractivity contribution in [3.05, 3.63) is 117 Å². The summed E-state index contributed by atoms with van der Waals surface area (Å²) in [6, 6.07) is 17.7. The number of amides is 2. The van der Waals surface area contributed by atoms with Gasteiger partial charge in [0.2, 0.25) is 11.8 Å². The molecule has 1 aliphatic carbocycles. The zero-order valence-electron chi connectivity index (χ0n) is 31.5. The number of nitrogens with one attached hydrogen (secondary N) is 4. The first kappa shape index (κ1) is 44.3. The molecule has 4 aromatic rings. The molecule has 4 aromatic carbocycles. The van der Waals surface area contributed by atoms with Crippen LogP contribution in [0.2, 0.25) is 0 Å². The lowest BCUT2D eigenvalue weighted by Gasteiger charge is -2.27. The van der Waals surface area contributed by atoms with Crippen molar-refractivity contribution >= 4 is 78.2 Å². The van der Waals surface area contributed by atoms with E-state index in [1.165, 1.54) is 24.3 Å². The number of fused-ring (bicyclic) bond motifs is 2. The van der Waals surface area contributed by atoms with Gasteiger partial charge in [0.1, 0.15) is 11.8 Å². The Kier molecular flexibility index (Phi) is 14.4. The van der Waals surface area contributed by atoms with E-state index in [0.29, 0.717) is 46.5 Å². The summed E-state index contributed by atoms with van der Waals surface area (Å²) in [6.45, 7) is 3.83. The van der Waals surface area contributed by atoms with Gasteiger partial charge in [-0.15, -0.1) is 23.2 Å². The third kappa shape index (κ3) is 10.8. The van der Waals surface area contributed by atoms with Crippen molar-refractivity contribution in [2.45, 2.75) is 74.5 Å². The van der Waals surface area contributed by atoms with Crippen LogP contribution in [-0.2, 0) is 55.8 Å². The summed E-state index contributed by atoms with van der Waals surface area (Å²) >= 11 is 11.1. The standard InChI is InChI=1S/C40H42Cl2N4O10S2/c1-23(7-11-27-17-25(21-43-35(47)19-41)9-15-33(27)57(51,52)53)45-31-13-14-32(38-37(31)39(49)29-5-3-4-6-30(29)40(38)50)46-24(2)8-12-28-18-26(22-44-36(48)20-42)10-16-34(28)58(54,55)56/h3-6,9-10,13-18,23-24,45-46H,7-8,11-12,19-22H2,1-2H3,(H,43,47)(H,44,48)(H,51,52,53)(H,54,55,56). The van der Waals surface area contributed by atoms with Crippen LogP contribution in [-0.4, -0.2) is 73.2 Å². The fourth-order valence-corrected chi connectivity index (χ4v) is 8.41. The Balaban J connectivity index is 1.39. The second-order valence-electron chi connectivity index (χ2n) is 13.9. The van der Waals surface area contributed by atoms with E-state index in [1.807, 2.05) is 13.8 Å². The minimum Gasteiger partial charge on any atom is -0.382 e. The molecule has 0 bridgehead atoms. The van der Waals surface area contributed by atoms with E-state index < -0.39 is 32.1 Å². The maximum atomic E-state index is 14.1. The maximum Gasteiger partial charge on any atom is 0.294 e. The number of ketones is 2. The normalized spacial score (nSPS) is 13.6. The van der Waals surface area contributed by atoms with Crippen molar-refractivity contribution in [1.82, 2.24) is 10.6 Å². The molecule has 6 N–H and O–H groups in total. The molecule has 5 rings (SSSR count). The van der Waals surface area contributed by atoms with Crippen molar-refractivity contribution < 1.29 is 45.1 Å². The zero-order valence-corrected chi connectivity index (χ0v) is 34.6. The molecule has 0 radical (unpaired) electrons. The fraction of sp³-hybridized carbons (Fsp3) is 0.300. The highest BCUT2D eigenvalue weighted by Crippen LogP contribution is 2.37. The summed E-state index contributed by atoms with van der Waals surface area (Å²) < 4.78 is 68.7. The second-order valence-corrected chi connectivity index (χ2v) is 17.3. The monoisotopic (exact) mass is 872 g/mol. The van der Waals surface area contributed by atoms with Crippen LogP contribution in [0.25, 0.3) is 0 Å². The Morgan fingerprint density at radius 2 is 1.00 bits per heavy atom. The van der Waals surface area contributed by atoms with Gasteiger partial charge in [-0.05, 0) is 86.1 Å². The average Bonchev–Trinajstić information content (AvgIpc) is 3.19. The van der Waals surface area contributed by atoms with Crippen molar-refractivity contribution in [1.29, 1.82) is 0 Å². The quantitative estimate of drug-likeness (QED) is 0.0472. The number of anilines is 2. The minimum atomic E-state index is -4.57. The maximum absolute atomic E-state index is 14.1. The molecule has 1 aliphatic rings. The lowest BCUT2D eigenvalue weighted by atomic mass is 9.82. The van der Waals surface area contributed by atoms with Crippen LogP contribution in [0.15, 0.2) is 82.6 Å². The van der Waals surface area contributed by atoms with Crippen LogP contribution in [0.1, 0.15) is 80.8 Å². The Bertz CT molecular complexity index is 2310. The van der Waals surface area contributed by atoms with Crippen LogP contribution in [0, 0.1) is 0 Å². The molecular weight excluding hydrogens is 831 g/mol. The highest BCUT2D eigenvalue weighted by molar-refractivity contribution is 7.86. The van der Waals surface area contributed by atoms with Crippen molar-refractivity contribution in [3.8, 4) is 0 Å². The average molecular weight is 874 g/mol. The van der Waals surface area contributed by atoms with E-state index in [0.717, 1.165) is 0 Å². The van der Waals surface area contributed by atoms with Gasteiger partial charge in [-0.1, -0.05) is 48.5 Å². The summed E-state index contributed by atoms with van der Waals surface area (Å²) in [5, 5.41) is 11.9. The largest absolute Gasteiger partial charge is 0.382 e. The summed E-state index contributed by atoms with van der Waals surface area (Å²) in [7, 11) is -9.14. The van der Waals surface area contributed by atoms with Gasteiger partial charge in [-0.3, -0.25) is 28.3 Å². The molecule has 0 aliphatic heterocycles. The highest BCUT2D eigenvalue weighted by Gasteiger charge is 2.34. The van der Waals surface area contributed by atoms with Gasteiger partial charge in [0.15, 0.2) is 11.6 Å². The third-order valence-electron chi connectivity index (χ3n) is 9.60. The number of hydrogen-bond acceptors (Lipinski definition) is 10. The molecule has 2 atom stereocenters. The van der Waals surface area contributed by atoms with Gasteiger partial charge in [0.25, 0.3) is 20.2 Å². The van der Waals surface area contributed by atoms with E-state index in [2.05, 4.69) is 21.3 Å². The van der Waals surface area contributed by atoms with Gasteiger partial charge in [0, 0.05) is 47.7 Å². The third-order valence-corrected chi connectivity index (χ3v) is 12.0. The zero-order chi connectivity index (χ0) is 42.4. The Hall–Kier alpha value is -4.84. The topological polar surface area (TPSA) is 225 Å². The highest BCUT2D eigenvalue weighted by atomic mass is 35.5. The van der Waals surface area contributed by atoms with E-state index in [1.54, 1.807) is 48.5 Å². The van der Waals surface area contributed by atoms with Crippen LogP contribution in [0.3, 0.4) is 0 Å². The smallest absolute Gasteiger partial charge is 0.294 e. The summed E-state index contributed by atoms with van der Waals surface area (Å²) in [5.74, 6) is -2.06. The van der Waals surface area contributed by atoms with E-state index in [4.69, 9.17) is 23.2 Å². The number of benzene rings is 4. The van der Waals surface area contributed by atoms with Crippen molar-refractivity contribution in [2.75, 3.05) is 22.4 Å². The molecule has 2 amide bonds. The van der Waals surface area contributed by atoms with E-state index in [9.17, 15) is 45.1 Å². The summed E-state index contributed by atoms with van der Waals surface area (Å²) in [5.41, 5.74) is 3.32. The minimum absolute atomic E-state index is 0.0932. The van der Waals surface area contributed by atoms with Crippen LogP contribution in [0.5, 0.6) is 0 Å². The number of hydrogen-bond donors (Lipinski definition) is 6. The Morgan fingerprint density at radius 1 is 0.621 bits per heavy atom. The number of carbonyl (C=O) groups excluding carboxylic acids is 4. The molecule has 308 valence electrons. The van der Waals surface area contributed by atoms with Crippen molar-refractivity contribution in [2.24, 2.45) is 0 Å². The van der Waals surface area contributed by atoms with Gasteiger partial charge in [0.05, 0.1) is 20.9 Å². The molecule has 0 saturated heterocycles. The second kappa shape index (κ2) is 18.8.